The number of ether oxygens (including phenoxy) is 3. The topological polar surface area (TPSA) is 151 Å². The van der Waals surface area contributed by atoms with Crippen LogP contribution in [0.4, 0.5) is 17.6 Å². The van der Waals surface area contributed by atoms with Crippen LogP contribution in [-0.4, -0.2) is 77.6 Å². The van der Waals surface area contributed by atoms with Gasteiger partial charge in [-0.25, -0.2) is 9.79 Å². The van der Waals surface area contributed by atoms with Crippen LogP contribution in [0.2, 0.25) is 0 Å². The van der Waals surface area contributed by atoms with E-state index >= 15 is 0 Å². The van der Waals surface area contributed by atoms with E-state index in [1.54, 1.807) is 28.3 Å². The first-order valence-corrected chi connectivity index (χ1v) is 14.2. The van der Waals surface area contributed by atoms with Gasteiger partial charge in [0, 0.05) is 25.7 Å². The number of aliphatic hydroxyl groups excluding tert-OH is 1. The molecule has 1 atom stereocenters. The van der Waals surface area contributed by atoms with Gasteiger partial charge in [-0.15, -0.1) is 0 Å². The molecule has 0 saturated carbocycles. The first-order valence-electron chi connectivity index (χ1n) is 12.7. The van der Waals surface area contributed by atoms with Crippen LogP contribution in [0.3, 0.4) is 0 Å². The van der Waals surface area contributed by atoms with Gasteiger partial charge in [-0.1, -0.05) is 6.92 Å². The number of carbonyl (C=O) groups is 1. The second kappa shape index (κ2) is 12.4. The molecule has 0 spiro atoms. The summed E-state index contributed by atoms with van der Waals surface area (Å²) in [6.45, 7) is 5.40. The molecule has 3 heterocycles. The molecule has 13 heteroatoms. The third-order valence-corrected chi connectivity index (χ3v) is 8.99. The first-order chi connectivity index (χ1) is 18.8. The van der Waals surface area contributed by atoms with E-state index in [1.165, 1.54) is 0 Å². The number of amidine groups is 1. The van der Waals surface area contributed by atoms with Gasteiger partial charge >= 0.3 is 5.97 Å². The van der Waals surface area contributed by atoms with E-state index in [1.807, 2.05) is 25.1 Å². The minimum atomic E-state index is -1.14. The summed E-state index contributed by atoms with van der Waals surface area (Å²) in [5, 5.41) is 26.8. The van der Waals surface area contributed by atoms with Crippen molar-refractivity contribution in [3.63, 3.8) is 0 Å². The number of piperidine rings is 1. The Morgan fingerprint density at radius 3 is 2.33 bits per heavy atom. The maximum absolute atomic E-state index is 11.8. The summed E-state index contributed by atoms with van der Waals surface area (Å²) in [4.78, 5) is 28.2. The fraction of sp³-hybridized carbons (Fsp3) is 0.462. The van der Waals surface area contributed by atoms with Gasteiger partial charge in [0.2, 0.25) is 11.7 Å². The maximum atomic E-state index is 11.8. The maximum Gasteiger partial charge on any atom is 0.342 e. The molecule has 0 radical (unpaired) electrons. The summed E-state index contributed by atoms with van der Waals surface area (Å²) in [6.07, 6.45) is 0.988. The Morgan fingerprint density at radius 2 is 1.77 bits per heavy atom. The summed E-state index contributed by atoms with van der Waals surface area (Å²) >= 11 is 0. The lowest BCUT2D eigenvalue weighted by atomic mass is 10.1. The molecule has 1 aromatic heterocycles. The molecule has 1 saturated heterocycles. The molecule has 12 nitrogen and oxygen atoms in total. The second-order valence-electron chi connectivity index (χ2n) is 9.08. The zero-order chi connectivity index (χ0) is 28.1. The summed E-state index contributed by atoms with van der Waals surface area (Å²) in [6, 6.07) is 5.60. The van der Waals surface area contributed by atoms with Gasteiger partial charge in [-0.3, -0.25) is 0 Å². The minimum Gasteiger partial charge on any atom is -0.493 e. The smallest absolute Gasteiger partial charge is 0.342 e. The number of allylic oxidation sites excluding steroid dienone is 1. The number of rotatable bonds is 10. The van der Waals surface area contributed by atoms with Crippen molar-refractivity contribution in [3.05, 3.63) is 34.4 Å². The number of methoxy groups -OCH3 is 3. The molecule has 1 aromatic carbocycles. The standard InChI is InChI=1S/C26H36N6O6S/c1-6-39-23(24(34)35)15(2)28-26(39)31-25-29-20(13-21(30-25)32-9-7-17(33)8-10-32)27-14-16-11-18(36-3)22(38-5)19(12-16)37-4/h11-13,17,33,39H,6-10,14H2,1-5H3,(H,34,35)(H2,27,28,29,30,31). The lowest BCUT2D eigenvalue weighted by molar-refractivity contribution is -0.131. The number of benzene rings is 1. The normalized spacial score (nSPS) is 18.6. The molecule has 4 rings (SSSR count). The quantitative estimate of drug-likeness (QED) is 0.273. The average Bonchev–Trinajstić information content (AvgIpc) is 3.25. The van der Waals surface area contributed by atoms with Gasteiger partial charge in [0.05, 0.1) is 33.1 Å². The van der Waals surface area contributed by atoms with Crippen molar-refractivity contribution < 1.29 is 29.2 Å². The van der Waals surface area contributed by atoms with E-state index in [2.05, 4.69) is 25.5 Å². The monoisotopic (exact) mass is 560 g/mol. The lowest BCUT2D eigenvalue weighted by Gasteiger charge is -2.31. The van der Waals surface area contributed by atoms with Gasteiger partial charge in [0.15, 0.2) is 16.7 Å². The predicted octanol–water partition coefficient (Wildman–Crippen LogP) is 3.19. The number of carboxylic acid groups (broad SMARTS) is 1. The molecule has 4 N–H and O–H groups in total. The summed E-state index contributed by atoms with van der Waals surface area (Å²) in [7, 11) is 3.56. The zero-order valence-corrected chi connectivity index (χ0v) is 23.7. The van der Waals surface area contributed by atoms with Crippen LogP contribution in [-0.2, 0) is 11.3 Å². The van der Waals surface area contributed by atoms with Gasteiger partial charge in [0.1, 0.15) is 16.5 Å². The van der Waals surface area contributed by atoms with Crippen LogP contribution in [0.25, 0.3) is 0 Å². The Labute approximate surface area is 230 Å². The molecule has 212 valence electrons. The van der Waals surface area contributed by atoms with Gasteiger partial charge < -0.3 is 40.0 Å². The molecule has 1 unspecified atom stereocenters. The van der Waals surface area contributed by atoms with Crippen molar-refractivity contribution in [2.24, 2.45) is 4.99 Å². The van der Waals surface area contributed by atoms with E-state index in [9.17, 15) is 15.0 Å². The number of hydrogen-bond acceptors (Lipinski definition) is 11. The Balaban J connectivity index is 1.62. The fourth-order valence-corrected chi connectivity index (χ4v) is 6.62. The summed E-state index contributed by atoms with van der Waals surface area (Å²) < 4.78 is 16.4. The SMILES string of the molecule is CC[SH]1C(Nc2nc(NCc3cc(OC)c(OC)c(OC)c3)cc(N3CCC(O)CC3)n2)=NC(C)=C1C(=O)O. The summed E-state index contributed by atoms with van der Waals surface area (Å²) in [5.74, 6) is 2.91. The molecule has 2 aliphatic rings. The van der Waals surface area contributed by atoms with Crippen LogP contribution in [0, 0.1) is 0 Å². The van der Waals surface area contributed by atoms with Crippen LogP contribution in [0.1, 0.15) is 32.3 Å². The van der Waals surface area contributed by atoms with E-state index < -0.39 is 16.9 Å². The number of carboxylic acids is 1. The predicted molar refractivity (Wildman–Crippen MR) is 154 cm³/mol. The number of aliphatic imine (C=N–C) groups is 1. The van der Waals surface area contributed by atoms with Crippen molar-refractivity contribution in [2.45, 2.75) is 39.3 Å². The third kappa shape index (κ3) is 6.31. The molecule has 0 amide bonds. The molecule has 2 aliphatic heterocycles. The number of thiol groups is 1. The molecule has 2 aromatic rings. The highest BCUT2D eigenvalue weighted by Crippen LogP contribution is 2.44. The van der Waals surface area contributed by atoms with Gasteiger partial charge in [-0.2, -0.15) is 20.9 Å². The Hall–Kier alpha value is -3.71. The van der Waals surface area contributed by atoms with E-state index in [-0.39, 0.29) is 6.10 Å². The van der Waals surface area contributed by atoms with Crippen LogP contribution >= 0.6 is 10.9 Å². The van der Waals surface area contributed by atoms with E-state index in [0.717, 1.165) is 5.56 Å². The zero-order valence-electron chi connectivity index (χ0n) is 22.8. The van der Waals surface area contributed by atoms with Gasteiger partial charge in [0.25, 0.3) is 0 Å². The van der Waals surface area contributed by atoms with E-state index in [4.69, 9.17) is 19.2 Å². The fourth-order valence-electron chi connectivity index (χ4n) is 4.61. The molecule has 0 aliphatic carbocycles. The number of aliphatic hydroxyl groups is 1. The second-order valence-corrected chi connectivity index (χ2v) is 11.4. The average molecular weight is 561 g/mol. The van der Waals surface area contributed by atoms with Crippen molar-refractivity contribution in [1.29, 1.82) is 0 Å². The van der Waals surface area contributed by atoms with Crippen molar-refractivity contribution in [2.75, 3.05) is 55.7 Å². The van der Waals surface area contributed by atoms with Crippen LogP contribution in [0.15, 0.2) is 33.8 Å². The third-order valence-electron chi connectivity index (χ3n) is 6.58. The molecule has 0 bridgehead atoms. The first kappa shape index (κ1) is 28.3. The summed E-state index contributed by atoms with van der Waals surface area (Å²) in [5.41, 5.74) is 1.39. The number of hydrogen-bond donors (Lipinski definition) is 5. The lowest BCUT2D eigenvalue weighted by Crippen LogP contribution is -2.36. The Kier molecular flexibility index (Phi) is 9.02. The van der Waals surface area contributed by atoms with E-state index in [0.29, 0.717) is 88.8 Å². The van der Waals surface area contributed by atoms with Gasteiger partial charge in [-0.05, 0) is 43.2 Å². The Morgan fingerprint density at radius 1 is 1.10 bits per heavy atom. The Bertz CT molecular complexity index is 1250. The van der Waals surface area contributed by atoms with Crippen LogP contribution in [0.5, 0.6) is 17.2 Å². The molecule has 39 heavy (non-hydrogen) atoms. The highest BCUT2D eigenvalue weighted by Gasteiger charge is 2.29. The van der Waals surface area contributed by atoms with Crippen molar-refractivity contribution in [1.82, 2.24) is 9.97 Å². The number of anilines is 3. The number of nitrogens with zero attached hydrogens (tertiary/aromatic N) is 4. The van der Waals surface area contributed by atoms with Crippen molar-refractivity contribution in [3.8, 4) is 17.2 Å². The highest BCUT2D eigenvalue weighted by atomic mass is 32.2. The number of aliphatic carboxylic acids is 1. The number of aromatic nitrogens is 2. The highest BCUT2D eigenvalue weighted by molar-refractivity contribution is 8.34. The molecular weight excluding hydrogens is 524 g/mol. The molecule has 1 fully saturated rings. The number of nitrogens with one attached hydrogen (secondary N) is 2. The molecular formula is C26H36N6O6S. The minimum absolute atomic E-state index is 0.317. The van der Waals surface area contributed by atoms with Crippen LogP contribution < -0.4 is 29.7 Å². The van der Waals surface area contributed by atoms with Crippen molar-refractivity contribution >= 4 is 39.6 Å². The largest absolute Gasteiger partial charge is 0.493 e.